The summed E-state index contributed by atoms with van der Waals surface area (Å²) in [6, 6.07) is 3.63. The zero-order valence-corrected chi connectivity index (χ0v) is 10.9. The third kappa shape index (κ3) is 2.61. The van der Waals surface area contributed by atoms with Crippen molar-refractivity contribution < 1.29 is 14.6 Å². The van der Waals surface area contributed by atoms with Crippen molar-refractivity contribution in [2.24, 2.45) is 5.73 Å². The highest BCUT2D eigenvalue weighted by Gasteiger charge is 2.39. The quantitative estimate of drug-likeness (QED) is 0.660. The molecule has 1 aromatic carbocycles. The van der Waals surface area contributed by atoms with Crippen LogP contribution in [-0.4, -0.2) is 28.1 Å². The van der Waals surface area contributed by atoms with Crippen LogP contribution in [0.5, 0.6) is 0 Å². The minimum Gasteiger partial charge on any atom is -0.377 e. The Bertz CT molecular complexity index is 562. The monoisotopic (exact) mass is 281 g/mol. The Hall–Kier alpha value is -2.06. The van der Waals surface area contributed by atoms with Crippen LogP contribution in [0.4, 0.5) is 11.4 Å². The summed E-state index contributed by atoms with van der Waals surface area (Å²) in [5.41, 5.74) is 5.35. The van der Waals surface area contributed by atoms with Gasteiger partial charge in [-0.2, -0.15) is 0 Å². The first-order valence-corrected chi connectivity index (χ1v) is 6.16. The number of non-ortho nitro benzene ring substituents is 1. The molecule has 8 nitrogen and oxygen atoms in total. The molecule has 0 bridgehead atoms. The second-order valence-electron chi connectivity index (χ2n) is 5.00. The minimum absolute atomic E-state index is 0.211. The van der Waals surface area contributed by atoms with Gasteiger partial charge in [-0.15, -0.1) is 0 Å². The summed E-state index contributed by atoms with van der Waals surface area (Å²) in [5.74, 6) is 0. The van der Waals surface area contributed by atoms with Crippen molar-refractivity contribution in [3.63, 3.8) is 0 Å². The summed E-state index contributed by atoms with van der Waals surface area (Å²) in [7, 11) is 0. The van der Waals surface area contributed by atoms with E-state index in [0.29, 0.717) is 18.6 Å². The Morgan fingerprint density at radius 2 is 2.10 bits per heavy atom. The predicted molar refractivity (Wildman–Crippen MR) is 70.4 cm³/mol. The summed E-state index contributed by atoms with van der Waals surface area (Å²) in [5, 5.41) is 21.8. The molecule has 108 valence electrons. The van der Waals surface area contributed by atoms with Gasteiger partial charge in [0.2, 0.25) is 0 Å². The van der Waals surface area contributed by atoms with Gasteiger partial charge in [0.05, 0.1) is 22.0 Å². The lowest BCUT2D eigenvalue weighted by Crippen LogP contribution is -2.48. The predicted octanol–water partition coefficient (Wildman–Crippen LogP) is 1.55. The van der Waals surface area contributed by atoms with Crippen LogP contribution in [0.3, 0.4) is 0 Å². The minimum atomic E-state index is -0.680. The highest BCUT2D eigenvalue weighted by atomic mass is 16.6. The molecular weight excluding hydrogens is 266 g/mol. The van der Waals surface area contributed by atoms with E-state index in [9.17, 15) is 20.2 Å². The van der Waals surface area contributed by atoms with Gasteiger partial charge in [0.1, 0.15) is 0 Å². The second kappa shape index (κ2) is 5.14. The van der Waals surface area contributed by atoms with Crippen LogP contribution >= 0.6 is 0 Å². The molecule has 1 aromatic rings. The third-order valence-electron chi connectivity index (χ3n) is 3.74. The number of nitro groups is 2. The molecule has 1 heterocycles. The van der Waals surface area contributed by atoms with Crippen LogP contribution < -0.4 is 5.73 Å². The number of nitro benzene ring substituents is 2. The number of hydrogen-bond donors (Lipinski definition) is 1. The van der Waals surface area contributed by atoms with Crippen LogP contribution in [0.15, 0.2) is 18.2 Å². The number of ether oxygens (including phenoxy) is 1. The molecule has 8 heteroatoms. The lowest BCUT2D eigenvalue weighted by Gasteiger charge is -2.27. The molecule has 0 aliphatic carbocycles. The Kier molecular flexibility index (Phi) is 3.69. The maximum atomic E-state index is 11.1. The lowest BCUT2D eigenvalue weighted by molar-refractivity contribution is -0.394. The van der Waals surface area contributed by atoms with Gasteiger partial charge in [-0.25, -0.2) is 0 Å². The molecule has 2 atom stereocenters. The fourth-order valence-electron chi connectivity index (χ4n) is 2.37. The van der Waals surface area contributed by atoms with Crippen molar-refractivity contribution in [1.82, 2.24) is 0 Å². The van der Waals surface area contributed by atoms with E-state index in [-0.39, 0.29) is 23.9 Å². The normalized spacial score (nSPS) is 25.6. The van der Waals surface area contributed by atoms with E-state index in [1.807, 2.05) is 6.92 Å². The van der Waals surface area contributed by atoms with E-state index in [2.05, 4.69) is 0 Å². The number of rotatable bonds is 4. The smallest absolute Gasteiger partial charge is 0.279 e. The lowest BCUT2D eigenvalue weighted by atomic mass is 9.85. The Morgan fingerprint density at radius 3 is 2.60 bits per heavy atom. The molecule has 0 aromatic heterocycles. The summed E-state index contributed by atoms with van der Waals surface area (Å²) < 4.78 is 5.40. The topological polar surface area (TPSA) is 122 Å². The fraction of sp³-hybridized carbons (Fsp3) is 0.500. The largest absolute Gasteiger partial charge is 0.377 e. The van der Waals surface area contributed by atoms with Crippen LogP contribution in [0.1, 0.15) is 18.9 Å². The van der Waals surface area contributed by atoms with E-state index in [1.54, 1.807) is 0 Å². The molecule has 2 rings (SSSR count). The third-order valence-corrected chi connectivity index (χ3v) is 3.74. The zero-order valence-electron chi connectivity index (χ0n) is 10.9. The van der Waals surface area contributed by atoms with Crippen LogP contribution in [0.2, 0.25) is 0 Å². The number of nitrogens with two attached hydrogens (primary N) is 1. The Labute approximate surface area is 114 Å². The number of benzene rings is 1. The summed E-state index contributed by atoms with van der Waals surface area (Å²) in [4.78, 5) is 20.5. The van der Waals surface area contributed by atoms with E-state index in [1.165, 1.54) is 12.1 Å². The maximum Gasteiger partial charge on any atom is 0.279 e. The molecular formula is C12H15N3O5. The first-order chi connectivity index (χ1) is 9.33. The molecule has 1 saturated heterocycles. The fourth-order valence-corrected chi connectivity index (χ4v) is 2.37. The molecule has 0 radical (unpaired) electrons. The standard InChI is InChI=1S/C12H15N3O5/c1-8-12(13,4-5-20-8)7-9-2-3-10(14(16)17)6-11(9)15(18)19/h2-3,6,8H,4-5,7,13H2,1H3. The van der Waals surface area contributed by atoms with Crippen molar-refractivity contribution in [3.8, 4) is 0 Å². The van der Waals surface area contributed by atoms with Crippen LogP contribution in [0, 0.1) is 20.2 Å². The zero-order chi connectivity index (χ0) is 14.9. The average molecular weight is 281 g/mol. The number of nitrogens with zero attached hydrogens (tertiary/aromatic N) is 2. The van der Waals surface area contributed by atoms with Crippen molar-refractivity contribution in [3.05, 3.63) is 44.0 Å². The molecule has 2 N–H and O–H groups in total. The van der Waals surface area contributed by atoms with Gasteiger partial charge in [-0.3, -0.25) is 20.2 Å². The molecule has 0 saturated carbocycles. The Balaban J connectivity index is 2.36. The molecule has 1 fully saturated rings. The van der Waals surface area contributed by atoms with Gasteiger partial charge in [-0.1, -0.05) is 0 Å². The molecule has 1 aliphatic heterocycles. The molecule has 0 spiro atoms. The van der Waals surface area contributed by atoms with E-state index >= 15 is 0 Å². The van der Waals surface area contributed by atoms with Crippen molar-refractivity contribution in [2.45, 2.75) is 31.4 Å². The first kappa shape index (κ1) is 14.4. The highest BCUT2D eigenvalue weighted by Crippen LogP contribution is 2.32. The van der Waals surface area contributed by atoms with Gasteiger partial charge >= 0.3 is 0 Å². The van der Waals surface area contributed by atoms with Crippen molar-refractivity contribution in [2.75, 3.05) is 6.61 Å². The highest BCUT2D eigenvalue weighted by molar-refractivity contribution is 5.49. The van der Waals surface area contributed by atoms with Crippen LogP contribution in [-0.2, 0) is 11.2 Å². The molecule has 20 heavy (non-hydrogen) atoms. The summed E-state index contributed by atoms with van der Waals surface area (Å²) in [6.45, 7) is 2.34. The van der Waals surface area contributed by atoms with Gasteiger partial charge < -0.3 is 10.5 Å². The molecule has 2 unspecified atom stereocenters. The van der Waals surface area contributed by atoms with Gasteiger partial charge in [-0.05, 0) is 25.8 Å². The average Bonchev–Trinajstić information content (AvgIpc) is 2.69. The Morgan fingerprint density at radius 1 is 1.40 bits per heavy atom. The van der Waals surface area contributed by atoms with E-state index < -0.39 is 15.4 Å². The maximum absolute atomic E-state index is 11.1. The number of hydrogen-bond acceptors (Lipinski definition) is 6. The summed E-state index contributed by atoms with van der Waals surface area (Å²) >= 11 is 0. The van der Waals surface area contributed by atoms with E-state index in [0.717, 1.165) is 6.07 Å². The molecule has 0 amide bonds. The summed E-state index contributed by atoms with van der Waals surface area (Å²) in [6.07, 6.45) is 0.641. The first-order valence-electron chi connectivity index (χ1n) is 6.16. The van der Waals surface area contributed by atoms with Gasteiger partial charge in [0.25, 0.3) is 11.4 Å². The van der Waals surface area contributed by atoms with Gasteiger partial charge in [0.15, 0.2) is 0 Å². The SMILES string of the molecule is CC1OCCC1(N)Cc1ccc([N+](=O)[O-])cc1[N+](=O)[O-]. The van der Waals surface area contributed by atoms with E-state index in [4.69, 9.17) is 10.5 Å². The molecule has 1 aliphatic rings. The van der Waals surface area contributed by atoms with Crippen LogP contribution in [0.25, 0.3) is 0 Å². The second-order valence-corrected chi connectivity index (χ2v) is 5.00. The van der Waals surface area contributed by atoms with Crippen molar-refractivity contribution in [1.29, 1.82) is 0 Å². The van der Waals surface area contributed by atoms with Gasteiger partial charge in [0, 0.05) is 23.8 Å². The van der Waals surface area contributed by atoms with Crippen molar-refractivity contribution >= 4 is 11.4 Å².